The van der Waals surface area contributed by atoms with Gasteiger partial charge in [0, 0.05) is 22.0 Å². The van der Waals surface area contributed by atoms with Gasteiger partial charge in [0.25, 0.3) is 5.91 Å². The molecule has 4 rings (SSSR count). The molecule has 1 heterocycles. The van der Waals surface area contributed by atoms with E-state index in [9.17, 15) is 14.4 Å². The molecule has 3 aromatic rings. The number of esters is 1. The Morgan fingerprint density at radius 3 is 2.50 bits per heavy atom. The van der Waals surface area contributed by atoms with Crippen LogP contribution in [0.3, 0.4) is 0 Å². The number of benzene rings is 3. The van der Waals surface area contributed by atoms with Gasteiger partial charge in [-0.2, -0.15) is 0 Å². The van der Waals surface area contributed by atoms with Crippen LogP contribution in [-0.4, -0.2) is 37.5 Å². The maximum absolute atomic E-state index is 13.7. The number of aryl methyl sites for hydroxylation is 1. The molecule has 2 amide bonds. The molecule has 7 heteroatoms. The molecule has 3 aromatic carbocycles. The first kappa shape index (κ1) is 23.6. The Morgan fingerprint density at radius 1 is 0.971 bits per heavy atom. The number of hydrogen-bond donors (Lipinski definition) is 0. The van der Waals surface area contributed by atoms with E-state index in [1.807, 2.05) is 56.3 Å². The molecule has 0 radical (unpaired) electrons. The Hall–Kier alpha value is -3.58. The van der Waals surface area contributed by atoms with Crippen LogP contribution in [0.5, 0.6) is 0 Å². The summed E-state index contributed by atoms with van der Waals surface area (Å²) in [6, 6.07) is 20.2. The number of rotatable bonds is 6. The lowest BCUT2D eigenvalue weighted by molar-refractivity contribution is -0.117. The van der Waals surface area contributed by atoms with Gasteiger partial charge in [-0.25, -0.2) is 4.79 Å². The predicted molar refractivity (Wildman–Crippen MR) is 134 cm³/mol. The average molecular weight is 475 g/mol. The molecular weight excluding hydrogens is 448 g/mol. The Labute approximate surface area is 203 Å². The van der Waals surface area contributed by atoms with Crippen molar-refractivity contribution in [2.24, 2.45) is 0 Å². The molecule has 0 aromatic heterocycles. The summed E-state index contributed by atoms with van der Waals surface area (Å²) >= 11 is 1.44. The molecule has 0 aliphatic carbocycles. The summed E-state index contributed by atoms with van der Waals surface area (Å²) in [6.07, 6.45) is 0. The third kappa shape index (κ3) is 4.70. The van der Waals surface area contributed by atoms with Crippen LogP contribution in [0.4, 0.5) is 11.4 Å². The summed E-state index contributed by atoms with van der Waals surface area (Å²) in [5.74, 6) is -0.958. The van der Waals surface area contributed by atoms with Crippen molar-refractivity contribution in [2.75, 3.05) is 29.5 Å². The highest BCUT2D eigenvalue weighted by molar-refractivity contribution is 7.99. The zero-order valence-corrected chi connectivity index (χ0v) is 20.2. The number of hydrogen-bond acceptors (Lipinski definition) is 5. The van der Waals surface area contributed by atoms with Crippen LogP contribution >= 0.6 is 11.8 Å². The number of anilines is 2. The van der Waals surface area contributed by atoms with Gasteiger partial charge in [0.15, 0.2) is 0 Å². The number of fused-ring (bicyclic) bond motifs is 2. The summed E-state index contributed by atoms with van der Waals surface area (Å²) in [5, 5.41) is 0. The number of amides is 2. The average Bonchev–Trinajstić information content (AvgIpc) is 2.94. The maximum Gasteiger partial charge on any atom is 0.338 e. The molecule has 0 saturated carbocycles. The van der Waals surface area contributed by atoms with E-state index in [0.29, 0.717) is 23.4 Å². The van der Waals surface area contributed by atoms with Gasteiger partial charge in [-0.05, 0) is 68.8 Å². The molecule has 0 bridgehead atoms. The van der Waals surface area contributed by atoms with Crippen molar-refractivity contribution in [3.8, 4) is 0 Å². The third-order valence-electron chi connectivity index (χ3n) is 5.57. The zero-order chi connectivity index (χ0) is 24.2. The predicted octanol–water partition coefficient (Wildman–Crippen LogP) is 5.34. The highest BCUT2D eigenvalue weighted by Gasteiger charge is 2.31. The largest absolute Gasteiger partial charge is 0.462 e. The third-order valence-corrected chi connectivity index (χ3v) is 6.71. The molecule has 0 atom stereocenters. The van der Waals surface area contributed by atoms with Gasteiger partial charge >= 0.3 is 5.97 Å². The molecule has 34 heavy (non-hydrogen) atoms. The second-order valence-electron chi connectivity index (χ2n) is 7.87. The topological polar surface area (TPSA) is 66.9 Å². The SMILES string of the molecule is CCOC(=O)c1ccc2c(c1)N(CC(=O)N(CC)c1cccc(C)c1)C(=O)c1ccccc1S2. The molecule has 6 nitrogen and oxygen atoms in total. The maximum atomic E-state index is 13.7. The lowest BCUT2D eigenvalue weighted by Crippen LogP contribution is -2.43. The highest BCUT2D eigenvalue weighted by atomic mass is 32.2. The Bertz CT molecular complexity index is 1260. The molecule has 0 saturated heterocycles. The summed E-state index contributed by atoms with van der Waals surface area (Å²) < 4.78 is 5.16. The first-order valence-corrected chi connectivity index (χ1v) is 12.0. The Kier molecular flexibility index (Phi) is 7.03. The Morgan fingerprint density at radius 2 is 1.76 bits per heavy atom. The van der Waals surface area contributed by atoms with Crippen molar-refractivity contribution in [2.45, 2.75) is 30.6 Å². The lowest BCUT2D eigenvalue weighted by Gasteiger charge is -2.27. The van der Waals surface area contributed by atoms with Crippen LogP contribution in [0.2, 0.25) is 0 Å². The summed E-state index contributed by atoms with van der Waals surface area (Å²) in [6.45, 7) is 6.18. The molecule has 0 N–H and O–H groups in total. The van der Waals surface area contributed by atoms with Crippen molar-refractivity contribution in [3.63, 3.8) is 0 Å². The molecule has 174 valence electrons. The van der Waals surface area contributed by atoms with Gasteiger partial charge in [-0.1, -0.05) is 36.0 Å². The van der Waals surface area contributed by atoms with E-state index < -0.39 is 5.97 Å². The van der Waals surface area contributed by atoms with Crippen LogP contribution < -0.4 is 9.80 Å². The lowest BCUT2D eigenvalue weighted by atomic mass is 10.1. The summed E-state index contributed by atoms with van der Waals surface area (Å²) in [4.78, 5) is 44.3. The van der Waals surface area contributed by atoms with E-state index in [2.05, 4.69) is 0 Å². The monoisotopic (exact) mass is 474 g/mol. The van der Waals surface area contributed by atoms with E-state index in [1.165, 1.54) is 16.7 Å². The fraction of sp³-hybridized carbons (Fsp3) is 0.222. The van der Waals surface area contributed by atoms with Crippen molar-refractivity contribution < 1.29 is 19.1 Å². The quantitative estimate of drug-likeness (QED) is 0.452. The van der Waals surface area contributed by atoms with Crippen LogP contribution in [0.15, 0.2) is 76.5 Å². The van der Waals surface area contributed by atoms with E-state index >= 15 is 0 Å². The first-order valence-electron chi connectivity index (χ1n) is 11.2. The van der Waals surface area contributed by atoms with E-state index in [4.69, 9.17) is 4.74 Å². The van der Waals surface area contributed by atoms with Crippen LogP contribution in [0.25, 0.3) is 0 Å². The van der Waals surface area contributed by atoms with Crippen LogP contribution in [0, 0.1) is 6.92 Å². The molecular formula is C27H26N2O4S. The van der Waals surface area contributed by atoms with E-state index in [0.717, 1.165) is 21.0 Å². The van der Waals surface area contributed by atoms with Crippen molar-refractivity contribution in [3.05, 3.63) is 83.4 Å². The van der Waals surface area contributed by atoms with Gasteiger partial charge < -0.3 is 9.64 Å². The number of carbonyl (C=O) groups excluding carboxylic acids is 3. The van der Waals surface area contributed by atoms with Crippen molar-refractivity contribution >= 4 is 40.9 Å². The molecule has 1 aliphatic rings. The molecule has 0 fully saturated rings. The normalized spacial score (nSPS) is 12.4. The van der Waals surface area contributed by atoms with Gasteiger partial charge in [-0.15, -0.1) is 0 Å². The fourth-order valence-corrected chi connectivity index (χ4v) is 5.00. The second kappa shape index (κ2) is 10.1. The molecule has 1 aliphatic heterocycles. The Balaban J connectivity index is 1.76. The number of likely N-dealkylation sites (N-methyl/N-ethyl adjacent to an activating group) is 1. The standard InChI is InChI=1S/C27H26N2O4S/c1-4-28(20-10-8-9-18(3)15-20)25(30)17-29-22-16-19(27(32)33-5-2)13-14-24(22)34-23-12-7-6-11-21(23)26(29)31/h6-16H,4-5,17H2,1-3H3. The van der Waals surface area contributed by atoms with Gasteiger partial charge in [0.05, 0.1) is 23.4 Å². The number of nitrogens with zero attached hydrogens (tertiary/aromatic N) is 2. The van der Waals surface area contributed by atoms with Gasteiger partial charge in [-0.3, -0.25) is 14.5 Å². The minimum absolute atomic E-state index is 0.158. The summed E-state index contributed by atoms with van der Waals surface area (Å²) in [7, 11) is 0. The number of carbonyl (C=O) groups is 3. The van der Waals surface area contributed by atoms with E-state index in [1.54, 1.807) is 36.1 Å². The van der Waals surface area contributed by atoms with Crippen molar-refractivity contribution in [1.82, 2.24) is 0 Å². The minimum Gasteiger partial charge on any atom is -0.462 e. The number of ether oxygens (including phenoxy) is 1. The summed E-state index contributed by atoms with van der Waals surface area (Å²) in [5.41, 5.74) is 3.20. The molecule has 0 unspecified atom stereocenters. The first-order chi connectivity index (χ1) is 16.4. The minimum atomic E-state index is -0.467. The smallest absolute Gasteiger partial charge is 0.338 e. The van der Waals surface area contributed by atoms with Gasteiger partial charge in [0.2, 0.25) is 5.91 Å². The highest BCUT2D eigenvalue weighted by Crippen LogP contribution is 2.41. The van der Waals surface area contributed by atoms with E-state index in [-0.39, 0.29) is 25.0 Å². The zero-order valence-electron chi connectivity index (χ0n) is 19.4. The second-order valence-corrected chi connectivity index (χ2v) is 8.95. The fourth-order valence-electron chi connectivity index (χ4n) is 3.94. The van der Waals surface area contributed by atoms with Crippen LogP contribution in [0.1, 0.15) is 40.1 Å². The van der Waals surface area contributed by atoms with Gasteiger partial charge in [0.1, 0.15) is 6.54 Å². The van der Waals surface area contributed by atoms with Crippen molar-refractivity contribution in [1.29, 1.82) is 0 Å². The van der Waals surface area contributed by atoms with Crippen LogP contribution in [-0.2, 0) is 9.53 Å². The molecule has 0 spiro atoms.